The van der Waals surface area contributed by atoms with Gasteiger partial charge in [-0.3, -0.25) is 19.0 Å². The Bertz CT molecular complexity index is 1190. The molecule has 3 aliphatic rings. The summed E-state index contributed by atoms with van der Waals surface area (Å²) in [5, 5.41) is 3.54. The maximum Gasteiger partial charge on any atom is 0.319 e. The third kappa shape index (κ3) is 6.99. The summed E-state index contributed by atoms with van der Waals surface area (Å²) in [6, 6.07) is 7.27. The van der Waals surface area contributed by atoms with Crippen molar-refractivity contribution in [2.75, 3.05) is 33.7 Å². The van der Waals surface area contributed by atoms with Crippen molar-refractivity contribution >= 4 is 29.3 Å². The first-order chi connectivity index (χ1) is 19.8. The van der Waals surface area contributed by atoms with Gasteiger partial charge < -0.3 is 10.2 Å². The van der Waals surface area contributed by atoms with Crippen molar-refractivity contribution in [1.29, 1.82) is 0 Å². The standard InChI is InChI=1S/C35H55ClN4O3/c1-33(2,3)32(43)39(25-15-17-35(7,8)18-16-25)26-19-29(30(41)37-9)40(10,22-26)31(42)28-21-38(34(4,5)6)20-27(28)23-11-13-24(36)14-12-23/h11-14,25-29H,15-22H2,1-10H3/p+1/t26-,27-,28+,29-,40?/m0/s1. The quantitative estimate of drug-likeness (QED) is 0.422. The van der Waals surface area contributed by atoms with Crippen LogP contribution in [0, 0.1) is 16.7 Å². The molecule has 0 aromatic heterocycles. The van der Waals surface area contributed by atoms with Crippen LogP contribution in [-0.4, -0.2) is 89.4 Å². The predicted octanol–water partition coefficient (Wildman–Crippen LogP) is 5.86. The molecule has 2 heterocycles. The SMILES string of the molecule is CNC(=O)[C@@H]1C[C@H](N(C(=O)C(C)(C)C)C2CCC(C)(C)CC2)C[N+]1(C)C(=O)[C@@H]1CN(C(C)(C)C)C[C@H]1c1ccc(Cl)cc1. The lowest BCUT2D eigenvalue weighted by atomic mass is 9.74. The van der Waals surface area contributed by atoms with E-state index >= 15 is 0 Å². The second-order valence-electron chi connectivity index (χ2n) is 16.5. The highest BCUT2D eigenvalue weighted by Crippen LogP contribution is 2.44. The monoisotopic (exact) mass is 615 g/mol. The molecule has 240 valence electrons. The van der Waals surface area contributed by atoms with Crippen molar-refractivity contribution in [2.45, 2.75) is 117 Å². The molecule has 4 rings (SSSR count). The van der Waals surface area contributed by atoms with Crippen LogP contribution in [0.3, 0.4) is 0 Å². The topological polar surface area (TPSA) is 69.7 Å². The van der Waals surface area contributed by atoms with E-state index in [-0.39, 0.29) is 57.1 Å². The van der Waals surface area contributed by atoms with Crippen LogP contribution in [-0.2, 0) is 14.4 Å². The molecule has 0 radical (unpaired) electrons. The Morgan fingerprint density at radius 1 is 0.977 bits per heavy atom. The zero-order valence-electron chi connectivity index (χ0n) is 28.3. The van der Waals surface area contributed by atoms with Gasteiger partial charge in [-0.1, -0.05) is 58.4 Å². The minimum absolute atomic E-state index is 0.00350. The fraction of sp³-hybridized carbons (Fsp3) is 0.743. The highest BCUT2D eigenvalue weighted by molar-refractivity contribution is 6.30. The van der Waals surface area contributed by atoms with E-state index < -0.39 is 11.5 Å². The first-order valence-electron chi connectivity index (χ1n) is 16.2. The smallest absolute Gasteiger partial charge is 0.319 e. The molecule has 0 bridgehead atoms. The lowest BCUT2D eigenvalue weighted by molar-refractivity contribution is -0.840. The van der Waals surface area contributed by atoms with E-state index in [1.54, 1.807) is 7.05 Å². The number of likely N-dealkylation sites (N-methyl/N-ethyl adjacent to an activating group) is 2. The summed E-state index contributed by atoms with van der Waals surface area (Å²) in [5.41, 5.74) is 0.717. The van der Waals surface area contributed by atoms with Gasteiger partial charge in [-0.25, -0.2) is 4.79 Å². The third-order valence-corrected chi connectivity index (χ3v) is 10.9. The average Bonchev–Trinajstić information content (AvgIpc) is 3.51. The Labute approximate surface area is 265 Å². The van der Waals surface area contributed by atoms with Gasteiger partial charge >= 0.3 is 5.91 Å². The van der Waals surface area contributed by atoms with Crippen molar-refractivity contribution in [3.05, 3.63) is 34.9 Å². The zero-order valence-corrected chi connectivity index (χ0v) is 29.1. The summed E-state index contributed by atoms with van der Waals surface area (Å²) in [6.07, 6.45) is 4.53. The molecule has 1 saturated carbocycles. The number of nitrogens with one attached hydrogen (secondary N) is 1. The van der Waals surface area contributed by atoms with Crippen LogP contribution < -0.4 is 5.32 Å². The van der Waals surface area contributed by atoms with E-state index in [0.717, 1.165) is 37.8 Å². The molecule has 0 spiro atoms. The third-order valence-electron chi connectivity index (χ3n) is 10.7. The number of hydrogen-bond donors (Lipinski definition) is 1. The van der Waals surface area contributed by atoms with Crippen molar-refractivity contribution in [2.24, 2.45) is 16.7 Å². The molecule has 2 aliphatic heterocycles. The largest absolute Gasteiger partial charge is 0.354 e. The number of benzene rings is 1. The summed E-state index contributed by atoms with van der Waals surface area (Å²) in [5.74, 6) is -0.192. The summed E-state index contributed by atoms with van der Waals surface area (Å²) in [6.45, 7) is 19.0. The van der Waals surface area contributed by atoms with Crippen LogP contribution in [0.15, 0.2) is 24.3 Å². The van der Waals surface area contributed by atoms with E-state index in [0.29, 0.717) is 24.5 Å². The van der Waals surface area contributed by atoms with Gasteiger partial charge in [-0.05, 0) is 69.6 Å². The van der Waals surface area contributed by atoms with Gasteiger partial charge in [0, 0.05) is 54.5 Å². The number of amides is 3. The number of carbonyl (C=O) groups is 3. The molecule has 3 amide bonds. The lowest BCUT2D eigenvalue weighted by Crippen LogP contribution is -2.61. The number of nitrogens with zero attached hydrogens (tertiary/aromatic N) is 3. The Balaban J connectivity index is 1.72. The van der Waals surface area contributed by atoms with Gasteiger partial charge in [0.1, 0.15) is 6.54 Å². The van der Waals surface area contributed by atoms with Crippen LogP contribution in [0.25, 0.3) is 0 Å². The van der Waals surface area contributed by atoms with E-state index in [4.69, 9.17) is 11.6 Å². The molecule has 8 heteroatoms. The molecule has 1 aromatic carbocycles. The molecule has 1 aliphatic carbocycles. The number of halogens is 1. The van der Waals surface area contributed by atoms with E-state index in [1.165, 1.54) is 0 Å². The van der Waals surface area contributed by atoms with Gasteiger partial charge in [0.2, 0.25) is 5.91 Å². The number of hydrogen-bond acceptors (Lipinski definition) is 4. The maximum absolute atomic E-state index is 15.0. The lowest BCUT2D eigenvalue weighted by Gasteiger charge is -2.44. The van der Waals surface area contributed by atoms with Gasteiger partial charge in [-0.15, -0.1) is 0 Å². The Morgan fingerprint density at radius 2 is 1.56 bits per heavy atom. The van der Waals surface area contributed by atoms with E-state index in [1.807, 2.05) is 52.1 Å². The molecule has 43 heavy (non-hydrogen) atoms. The van der Waals surface area contributed by atoms with Crippen LogP contribution in [0.2, 0.25) is 5.02 Å². The van der Waals surface area contributed by atoms with Gasteiger partial charge in [0.15, 0.2) is 6.04 Å². The zero-order chi connectivity index (χ0) is 32.1. The normalized spacial score (nSPS) is 30.3. The molecule has 1 N–H and O–H groups in total. The number of quaternary nitrogens is 1. The Morgan fingerprint density at radius 3 is 2.07 bits per heavy atom. The second kappa shape index (κ2) is 12.1. The summed E-state index contributed by atoms with van der Waals surface area (Å²) in [7, 11) is 3.60. The fourth-order valence-corrected chi connectivity index (χ4v) is 7.94. The fourth-order valence-electron chi connectivity index (χ4n) is 7.82. The van der Waals surface area contributed by atoms with Crippen LogP contribution >= 0.6 is 11.6 Å². The van der Waals surface area contributed by atoms with Crippen molar-refractivity contribution < 1.29 is 18.9 Å². The molecule has 1 unspecified atom stereocenters. The summed E-state index contributed by atoms with van der Waals surface area (Å²) < 4.78 is 0.0171. The van der Waals surface area contributed by atoms with Crippen molar-refractivity contribution in [3.63, 3.8) is 0 Å². The second-order valence-corrected chi connectivity index (χ2v) is 16.9. The molecular weight excluding hydrogens is 560 g/mol. The van der Waals surface area contributed by atoms with Crippen LogP contribution in [0.5, 0.6) is 0 Å². The van der Waals surface area contributed by atoms with Gasteiger partial charge in [0.25, 0.3) is 5.91 Å². The van der Waals surface area contributed by atoms with Crippen LogP contribution in [0.4, 0.5) is 0 Å². The molecule has 1 aromatic rings. The highest BCUT2D eigenvalue weighted by Gasteiger charge is 2.59. The number of rotatable bonds is 5. The van der Waals surface area contributed by atoms with Crippen molar-refractivity contribution in [3.8, 4) is 0 Å². The first-order valence-corrected chi connectivity index (χ1v) is 16.6. The number of likely N-dealkylation sites (tertiary alicyclic amines) is 2. The molecule has 3 fully saturated rings. The highest BCUT2D eigenvalue weighted by atomic mass is 35.5. The molecule has 5 atom stereocenters. The Hall–Kier alpha value is -1.96. The Kier molecular flexibility index (Phi) is 9.54. The molecule has 7 nitrogen and oxygen atoms in total. The van der Waals surface area contributed by atoms with Gasteiger partial charge in [0.05, 0.1) is 19.0 Å². The maximum atomic E-state index is 15.0. The van der Waals surface area contributed by atoms with E-state index in [2.05, 4.69) is 49.7 Å². The summed E-state index contributed by atoms with van der Waals surface area (Å²) >= 11 is 6.24. The van der Waals surface area contributed by atoms with Crippen molar-refractivity contribution in [1.82, 2.24) is 15.1 Å². The minimum Gasteiger partial charge on any atom is -0.354 e. The van der Waals surface area contributed by atoms with Crippen LogP contribution in [0.1, 0.15) is 99.0 Å². The predicted molar refractivity (Wildman–Crippen MR) is 174 cm³/mol. The van der Waals surface area contributed by atoms with E-state index in [9.17, 15) is 14.4 Å². The minimum atomic E-state index is -0.552. The molecular formula is C35H56ClN4O3+. The average molecular weight is 616 g/mol. The number of carbonyl (C=O) groups excluding carboxylic acids is 3. The van der Waals surface area contributed by atoms with Gasteiger partial charge in [-0.2, -0.15) is 0 Å². The molecule has 2 saturated heterocycles. The summed E-state index contributed by atoms with van der Waals surface area (Å²) in [4.78, 5) is 47.1. The first kappa shape index (κ1) is 33.9.